The molecule has 1 amide bonds. The van der Waals surface area contributed by atoms with Crippen molar-refractivity contribution in [2.24, 2.45) is 4.99 Å². The summed E-state index contributed by atoms with van der Waals surface area (Å²) in [6.07, 6.45) is 1.81. The van der Waals surface area contributed by atoms with Crippen molar-refractivity contribution in [3.8, 4) is 0 Å². The molecule has 0 bridgehead atoms. The van der Waals surface area contributed by atoms with Crippen LogP contribution in [0.5, 0.6) is 0 Å². The topological polar surface area (TPSA) is 34.4 Å². The number of hydrogen-bond acceptors (Lipinski definition) is 2. The Labute approximate surface area is 153 Å². The van der Waals surface area contributed by atoms with E-state index in [2.05, 4.69) is 27.5 Å². The molecule has 0 fully saturated rings. The number of benzene rings is 2. The molecule has 0 aliphatic carbocycles. The van der Waals surface area contributed by atoms with Crippen LogP contribution in [0, 0.1) is 13.8 Å². The maximum Gasteiger partial charge on any atom is 0.279 e. The van der Waals surface area contributed by atoms with Crippen molar-refractivity contribution < 1.29 is 4.79 Å². The first-order valence-electron chi connectivity index (χ1n) is 7.55. The third-order valence-electron chi connectivity index (χ3n) is 3.91. The molecule has 0 aliphatic heterocycles. The van der Waals surface area contributed by atoms with Gasteiger partial charge in [-0.25, -0.2) is 0 Å². The molecular weight excluding hydrogens is 384 g/mol. The summed E-state index contributed by atoms with van der Waals surface area (Å²) >= 11 is 4.99. The van der Waals surface area contributed by atoms with Crippen LogP contribution in [-0.4, -0.2) is 10.5 Å². The number of carbonyl (C=O) groups excluding carboxylic acids is 1. The third kappa shape index (κ3) is 3.28. The fraction of sp³-hybridized carbons (Fsp3) is 0.158. The molecule has 0 atom stereocenters. The van der Waals surface area contributed by atoms with E-state index in [-0.39, 0.29) is 5.91 Å². The Morgan fingerprint density at radius 1 is 1.25 bits per heavy atom. The van der Waals surface area contributed by atoms with E-state index in [0.29, 0.717) is 16.9 Å². The zero-order valence-corrected chi connectivity index (χ0v) is 15.9. The van der Waals surface area contributed by atoms with Crippen molar-refractivity contribution in [2.45, 2.75) is 20.4 Å². The van der Waals surface area contributed by atoms with Crippen LogP contribution in [0.25, 0.3) is 10.2 Å². The normalized spacial score (nSPS) is 11.9. The lowest BCUT2D eigenvalue weighted by Crippen LogP contribution is -2.16. The van der Waals surface area contributed by atoms with Gasteiger partial charge in [0.15, 0.2) is 4.80 Å². The fourth-order valence-electron chi connectivity index (χ4n) is 2.46. The van der Waals surface area contributed by atoms with Gasteiger partial charge >= 0.3 is 0 Å². The van der Waals surface area contributed by atoms with Gasteiger partial charge in [-0.05, 0) is 55.3 Å². The molecule has 0 radical (unpaired) electrons. The van der Waals surface area contributed by atoms with Gasteiger partial charge in [-0.1, -0.05) is 39.4 Å². The monoisotopic (exact) mass is 400 g/mol. The van der Waals surface area contributed by atoms with Gasteiger partial charge in [0, 0.05) is 16.6 Å². The Balaban J connectivity index is 2.14. The van der Waals surface area contributed by atoms with Gasteiger partial charge in [0.05, 0.1) is 10.2 Å². The van der Waals surface area contributed by atoms with E-state index < -0.39 is 0 Å². The largest absolute Gasteiger partial charge is 0.312 e. The number of hydrogen-bond donors (Lipinski definition) is 0. The summed E-state index contributed by atoms with van der Waals surface area (Å²) < 4.78 is 4.10. The second kappa shape index (κ2) is 6.87. The number of rotatable bonds is 3. The van der Waals surface area contributed by atoms with Crippen LogP contribution in [-0.2, 0) is 6.54 Å². The molecule has 0 unspecified atom stereocenters. The zero-order valence-electron chi connectivity index (χ0n) is 13.5. The summed E-state index contributed by atoms with van der Waals surface area (Å²) in [4.78, 5) is 17.6. The van der Waals surface area contributed by atoms with Crippen molar-refractivity contribution in [1.29, 1.82) is 0 Å². The second-order valence-electron chi connectivity index (χ2n) is 5.61. The molecule has 0 saturated heterocycles. The minimum atomic E-state index is -0.221. The molecule has 5 heteroatoms. The minimum absolute atomic E-state index is 0.221. The summed E-state index contributed by atoms with van der Waals surface area (Å²) in [5.74, 6) is -0.221. The van der Waals surface area contributed by atoms with Gasteiger partial charge in [-0.2, -0.15) is 4.99 Å². The van der Waals surface area contributed by atoms with E-state index >= 15 is 0 Å². The number of carbonyl (C=O) groups is 1. The van der Waals surface area contributed by atoms with Gasteiger partial charge in [0.25, 0.3) is 5.91 Å². The number of allylic oxidation sites excluding steroid dienone is 1. The fourth-order valence-corrected chi connectivity index (χ4v) is 4.05. The molecular formula is C19H17BrN2OS. The van der Waals surface area contributed by atoms with Gasteiger partial charge in [0.1, 0.15) is 0 Å². The predicted molar refractivity (Wildman–Crippen MR) is 104 cm³/mol. The number of halogens is 1. The lowest BCUT2D eigenvalue weighted by atomic mass is 10.1. The first-order valence-corrected chi connectivity index (χ1v) is 9.16. The van der Waals surface area contributed by atoms with E-state index in [1.54, 1.807) is 0 Å². The zero-order chi connectivity index (χ0) is 17.3. The molecule has 0 N–H and O–H groups in total. The molecule has 0 saturated carbocycles. The molecule has 3 nitrogen and oxygen atoms in total. The highest BCUT2D eigenvalue weighted by Crippen LogP contribution is 2.22. The van der Waals surface area contributed by atoms with Gasteiger partial charge < -0.3 is 4.57 Å². The van der Waals surface area contributed by atoms with E-state index in [1.807, 2.05) is 60.9 Å². The number of nitrogens with zero attached hydrogens (tertiary/aromatic N) is 2. The summed E-state index contributed by atoms with van der Waals surface area (Å²) in [6, 6.07) is 11.7. The highest BCUT2D eigenvalue weighted by molar-refractivity contribution is 9.10. The van der Waals surface area contributed by atoms with E-state index in [9.17, 15) is 4.79 Å². The van der Waals surface area contributed by atoms with E-state index in [0.717, 1.165) is 20.3 Å². The number of fused-ring (bicyclic) bond motifs is 1. The third-order valence-corrected chi connectivity index (χ3v) is 5.44. The summed E-state index contributed by atoms with van der Waals surface area (Å²) in [7, 11) is 0. The molecule has 0 spiro atoms. The van der Waals surface area contributed by atoms with Crippen molar-refractivity contribution >= 4 is 43.4 Å². The molecule has 1 aromatic heterocycles. The second-order valence-corrected chi connectivity index (χ2v) is 7.54. The van der Waals surface area contributed by atoms with Crippen molar-refractivity contribution in [2.75, 3.05) is 0 Å². The number of aromatic nitrogens is 1. The quantitative estimate of drug-likeness (QED) is 0.568. The van der Waals surface area contributed by atoms with Crippen LogP contribution >= 0.6 is 27.3 Å². The Morgan fingerprint density at radius 3 is 2.75 bits per heavy atom. The maximum atomic E-state index is 12.6. The Kier molecular flexibility index (Phi) is 4.83. The average Bonchev–Trinajstić information content (AvgIpc) is 2.87. The SMILES string of the molecule is C=CCn1c(=NC(=O)c2ccc(C)c(C)c2)sc2cc(Br)ccc21. The predicted octanol–water partition coefficient (Wildman–Crippen LogP) is 5.01. The average molecular weight is 401 g/mol. The Hall–Kier alpha value is -1.98. The first-order chi connectivity index (χ1) is 11.5. The Morgan fingerprint density at radius 2 is 2.04 bits per heavy atom. The molecule has 2 aromatic carbocycles. The lowest BCUT2D eigenvalue weighted by molar-refractivity contribution is 0.0998. The molecule has 1 heterocycles. The molecule has 24 heavy (non-hydrogen) atoms. The highest BCUT2D eigenvalue weighted by Gasteiger charge is 2.09. The molecule has 3 rings (SSSR count). The summed E-state index contributed by atoms with van der Waals surface area (Å²) in [5.41, 5.74) is 3.92. The molecule has 122 valence electrons. The molecule has 0 aliphatic rings. The minimum Gasteiger partial charge on any atom is -0.312 e. The van der Waals surface area contributed by atoms with Gasteiger partial charge in [-0.15, -0.1) is 6.58 Å². The smallest absolute Gasteiger partial charge is 0.279 e. The summed E-state index contributed by atoms with van der Waals surface area (Å²) in [5, 5.41) is 0. The molecule has 3 aromatic rings. The number of aryl methyl sites for hydroxylation is 2. The van der Waals surface area contributed by atoms with Crippen LogP contribution in [0.3, 0.4) is 0 Å². The van der Waals surface area contributed by atoms with Crippen LogP contribution < -0.4 is 4.80 Å². The van der Waals surface area contributed by atoms with Crippen LogP contribution in [0.1, 0.15) is 21.5 Å². The highest BCUT2D eigenvalue weighted by atomic mass is 79.9. The Bertz CT molecular complexity index is 1010. The van der Waals surface area contributed by atoms with Crippen LogP contribution in [0.15, 0.2) is 58.5 Å². The van der Waals surface area contributed by atoms with Crippen LogP contribution in [0.4, 0.5) is 0 Å². The summed E-state index contributed by atoms with van der Waals surface area (Å²) in [6.45, 7) is 8.45. The van der Waals surface area contributed by atoms with E-state index in [4.69, 9.17) is 0 Å². The van der Waals surface area contributed by atoms with Crippen molar-refractivity contribution in [3.63, 3.8) is 0 Å². The van der Waals surface area contributed by atoms with Gasteiger partial charge in [0.2, 0.25) is 0 Å². The van der Waals surface area contributed by atoms with Crippen molar-refractivity contribution in [1.82, 2.24) is 4.57 Å². The number of thiazole rings is 1. The first kappa shape index (κ1) is 16.9. The lowest BCUT2D eigenvalue weighted by Gasteiger charge is -2.02. The maximum absolute atomic E-state index is 12.6. The van der Waals surface area contributed by atoms with Crippen LogP contribution in [0.2, 0.25) is 0 Å². The van der Waals surface area contributed by atoms with Crippen molar-refractivity contribution in [3.05, 3.63) is 75.0 Å². The van der Waals surface area contributed by atoms with E-state index in [1.165, 1.54) is 16.9 Å². The standard InChI is InChI=1S/C19H17BrN2OS/c1-4-9-22-16-8-7-15(20)11-17(16)24-19(22)21-18(23)14-6-5-12(2)13(3)10-14/h4-8,10-11H,1,9H2,2-3H3. The number of amides is 1. The van der Waals surface area contributed by atoms with Gasteiger partial charge in [-0.3, -0.25) is 4.79 Å².